The Kier molecular flexibility index (Phi) is 4.41. The van der Waals surface area contributed by atoms with Crippen molar-refractivity contribution in [2.45, 2.75) is 6.54 Å². The van der Waals surface area contributed by atoms with Gasteiger partial charge in [-0.3, -0.25) is 13.9 Å². The van der Waals surface area contributed by atoms with Crippen molar-refractivity contribution in [1.29, 1.82) is 0 Å². The molecular weight excluding hydrogens is 367 g/mol. The molecule has 25 heavy (non-hydrogen) atoms. The third-order valence-electron chi connectivity index (χ3n) is 3.92. The van der Waals surface area contributed by atoms with Gasteiger partial charge in [0.25, 0.3) is 5.56 Å². The van der Waals surface area contributed by atoms with Gasteiger partial charge in [0, 0.05) is 7.05 Å². The van der Waals surface area contributed by atoms with E-state index >= 15 is 0 Å². The molecule has 0 aliphatic carbocycles. The van der Waals surface area contributed by atoms with Crippen LogP contribution in [0.1, 0.15) is 15.9 Å². The predicted molar refractivity (Wildman–Crippen MR) is 96.0 cm³/mol. The summed E-state index contributed by atoms with van der Waals surface area (Å²) in [5, 5.41) is 9.96. The zero-order valence-corrected chi connectivity index (χ0v) is 14.5. The highest BCUT2D eigenvalue weighted by Gasteiger charge is 2.14. The van der Waals surface area contributed by atoms with Crippen molar-refractivity contribution in [2.24, 2.45) is 7.05 Å². The molecule has 6 nitrogen and oxygen atoms in total. The van der Waals surface area contributed by atoms with E-state index in [0.717, 1.165) is 4.57 Å². The van der Waals surface area contributed by atoms with E-state index in [1.165, 1.54) is 29.8 Å². The molecule has 0 aliphatic heterocycles. The molecule has 1 heterocycles. The Hall–Kier alpha value is -2.57. The summed E-state index contributed by atoms with van der Waals surface area (Å²) in [4.78, 5) is 36.4. The van der Waals surface area contributed by atoms with Crippen LogP contribution in [-0.2, 0) is 13.6 Å². The van der Waals surface area contributed by atoms with E-state index in [-0.39, 0.29) is 17.5 Å². The molecule has 1 N–H and O–H groups in total. The maximum Gasteiger partial charge on any atom is 0.335 e. The Morgan fingerprint density at radius 3 is 2.44 bits per heavy atom. The van der Waals surface area contributed by atoms with Gasteiger partial charge in [-0.15, -0.1) is 0 Å². The van der Waals surface area contributed by atoms with E-state index in [2.05, 4.69) is 0 Å². The van der Waals surface area contributed by atoms with Gasteiger partial charge in [-0.2, -0.15) is 0 Å². The molecule has 1 aromatic heterocycles. The number of rotatable bonds is 3. The van der Waals surface area contributed by atoms with Gasteiger partial charge < -0.3 is 5.11 Å². The molecule has 0 aliphatic rings. The van der Waals surface area contributed by atoms with Crippen LogP contribution in [0, 0.1) is 0 Å². The molecule has 0 atom stereocenters. The van der Waals surface area contributed by atoms with Gasteiger partial charge in [0.05, 0.1) is 33.1 Å². The number of carboxylic acid groups (broad SMARTS) is 1. The molecule has 0 radical (unpaired) electrons. The third-order valence-corrected chi connectivity index (χ3v) is 4.66. The summed E-state index contributed by atoms with van der Waals surface area (Å²) in [7, 11) is 1.52. The number of aromatic nitrogens is 2. The smallest absolute Gasteiger partial charge is 0.335 e. The fourth-order valence-corrected chi connectivity index (χ4v) is 2.93. The standard InChI is InChI=1S/C17H12Cl2N2O4/c1-20-14-5-3-10(16(23)24)7-11(14)15(22)21(17(20)25)8-9-2-4-12(18)13(19)6-9/h2-7H,8H2,1H3,(H,23,24). The number of benzene rings is 2. The van der Waals surface area contributed by atoms with Crippen molar-refractivity contribution in [1.82, 2.24) is 9.13 Å². The van der Waals surface area contributed by atoms with E-state index in [4.69, 9.17) is 28.3 Å². The zero-order chi connectivity index (χ0) is 18.3. The summed E-state index contributed by atoms with van der Waals surface area (Å²) >= 11 is 11.8. The van der Waals surface area contributed by atoms with Gasteiger partial charge >= 0.3 is 11.7 Å². The van der Waals surface area contributed by atoms with E-state index < -0.39 is 17.2 Å². The molecule has 0 fully saturated rings. The van der Waals surface area contributed by atoms with Crippen molar-refractivity contribution in [2.75, 3.05) is 0 Å². The van der Waals surface area contributed by atoms with Crippen molar-refractivity contribution in [3.63, 3.8) is 0 Å². The molecule has 0 saturated carbocycles. The highest BCUT2D eigenvalue weighted by atomic mass is 35.5. The maximum atomic E-state index is 12.7. The lowest BCUT2D eigenvalue weighted by Gasteiger charge is -2.11. The topological polar surface area (TPSA) is 81.3 Å². The number of nitrogens with zero attached hydrogens (tertiary/aromatic N) is 2. The normalized spacial score (nSPS) is 11.0. The number of carboxylic acids is 1. The summed E-state index contributed by atoms with van der Waals surface area (Å²) in [6, 6.07) is 8.90. The van der Waals surface area contributed by atoms with Crippen molar-refractivity contribution in [3.05, 3.63) is 78.4 Å². The van der Waals surface area contributed by atoms with Crippen LogP contribution in [0.25, 0.3) is 10.9 Å². The SMILES string of the molecule is Cn1c(=O)n(Cc2ccc(Cl)c(Cl)c2)c(=O)c2cc(C(=O)O)ccc21. The molecule has 0 bridgehead atoms. The van der Waals surface area contributed by atoms with E-state index in [1.807, 2.05) is 0 Å². The summed E-state index contributed by atoms with van der Waals surface area (Å²) < 4.78 is 2.34. The second kappa shape index (κ2) is 6.38. The van der Waals surface area contributed by atoms with Crippen LogP contribution < -0.4 is 11.2 Å². The number of hydrogen-bond acceptors (Lipinski definition) is 3. The van der Waals surface area contributed by atoms with Gasteiger partial charge in [0.2, 0.25) is 0 Å². The summed E-state index contributed by atoms with van der Waals surface area (Å²) in [6.45, 7) is -0.00433. The van der Waals surface area contributed by atoms with Crippen LogP contribution in [0.3, 0.4) is 0 Å². The zero-order valence-electron chi connectivity index (χ0n) is 13.0. The number of carbonyl (C=O) groups is 1. The Labute approximate surface area is 151 Å². The van der Waals surface area contributed by atoms with Crippen LogP contribution in [0.5, 0.6) is 0 Å². The first kappa shape index (κ1) is 17.3. The number of aromatic carboxylic acids is 1. The van der Waals surface area contributed by atoms with Crippen LogP contribution in [0.15, 0.2) is 46.0 Å². The predicted octanol–water partition coefficient (Wildman–Crippen LogP) is 2.75. The van der Waals surface area contributed by atoms with Gasteiger partial charge in [0.15, 0.2) is 0 Å². The second-order valence-electron chi connectivity index (χ2n) is 5.52. The Morgan fingerprint density at radius 2 is 1.80 bits per heavy atom. The molecule has 128 valence electrons. The van der Waals surface area contributed by atoms with Crippen molar-refractivity contribution >= 4 is 40.1 Å². The minimum absolute atomic E-state index is 0.00433. The number of halogens is 2. The van der Waals surface area contributed by atoms with Gasteiger partial charge in [0.1, 0.15) is 0 Å². The van der Waals surface area contributed by atoms with E-state index in [1.54, 1.807) is 18.2 Å². The molecule has 0 saturated heterocycles. The average Bonchev–Trinajstić information content (AvgIpc) is 2.59. The third kappa shape index (κ3) is 3.06. The largest absolute Gasteiger partial charge is 0.478 e. The lowest BCUT2D eigenvalue weighted by molar-refractivity contribution is 0.0697. The minimum atomic E-state index is -1.15. The quantitative estimate of drug-likeness (QED) is 0.759. The molecule has 2 aromatic carbocycles. The molecule has 8 heteroatoms. The van der Waals surface area contributed by atoms with Crippen LogP contribution in [0.4, 0.5) is 0 Å². The highest BCUT2D eigenvalue weighted by molar-refractivity contribution is 6.42. The maximum absolute atomic E-state index is 12.7. The molecule has 0 unspecified atom stereocenters. The molecule has 0 spiro atoms. The number of aryl methyl sites for hydroxylation is 1. The molecular formula is C17H12Cl2N2O4. The molecule has 3 aromatic rings. The van der Waals surface area contributed by atoms with Gasteiger partial charge in [-0.25, -0.2) is 9.59 Å². The first-order valence-electron chi connectivity index (χ1n) is 7.20. The Balaban J connectivity index is 2.24. The van der Waals surface area contributed by atoms with E-state index in [0.29, 0.717) is 21.1 Å². The summed E-state index contributed by atoms with van der Waals surface area (Å²) in [6.07, 6.45) is 0. The molecule has 3 rings (SSSR count). The fourth-order valence-electron chi connectivity index (χ4n) is 2.61. The molecule has 0 amide bonds. The fraction of sp³-hybridized carbons (Fsp3) is 0.118. The van der Waals surface area contributed by atoms with Crippen LogP contribution in [0.2, 0.25) is 10.0 Å². The summed E-state index contributed by atoms with van der Waals surface area (Å²) in [5.41, 5.74) is -0.101. The van der Waals surface area contributed by atoms with Crippen molar-refractivity contribution in [3.8, 4) is 0 Å². The van der Waals surface area contributed by atoms with Gasteiger partial charge in [-0.05, 0) is 35.9 Å². The lowest BCUT2D eigenvalue weighted by atomic mass is 10.1. The second-order valence-corrected chi connectivity index (χ2v) is 6.33. The van der Waals surface area contributed by atoms with Crippen LogP contribution >= 0.6 is 23.2 Å². The monoisotopic (exact) mass is 378 g/mol. The Bertz CT molecular complexity index is 1130. The lowest BCUT2D eigenvalue weighted by Crippen LogP contribution is -2.39. The minimum Gasteiger partial charge on any atom is -0.478 e. The van der Waals surface area contributed by atoms with E-state index in [9.17, 15) is 14.4 Å². The average molecular weight is 379 g/mol. The van der Waals surface area contributed by atoms with Crippen molar-refractivity contribution < 1.29 is 9.90 Å². The number of hydrogen-bond donors (Lipinski definition) is 1. The highest BCUT2D eigenvalue weighted by Crippen LogP contribution is 2.22. The first-order valence-corrected chi connectivity index (χ1v) is 7.96. The summed E-state index contributed by atoms with van der Waals surface area (Å²) in [5.74, 6) is -1.15. The van der Waals surface area contributed by atoms with Gasteiger partial charge in [-0.1, -0.05) is 29.3 Å². The Morgan fingerprint density at radius 1 is 1.08 bits per heavy atom. The number of fused-ring (bicyclic) bond motifs is 1. The van der Waals surface area contributed by atoms with Crippen LogP contribution in [-0.4, -0.2) is 20.2 Å². The first-order chi connectivity index (χ1) is 11.8.